The van der Waals surface area contributed by atoms with Crippen LogP contribution in [0.25, 0.3) is 0 Å². The Balaban J connectivity index is 3.07. The summed E-state index contributed by atoms with van der Waals surface area (Å²) in [6.07, 6.45) is -1.53. The molecule has 0 aromatic heterocycles. The topological polar surface area (TPSA) is 12.0 Å². The molecule has 0 saturated carbocycles. The van der Waals surface area contributed by atoms with E-state index in [4.69, 9.17) is 0 Å². The maximum atomic E-state index is 11.7. The maximum Gasteiger partial charge on any atom is 0.390 e. The summed E-state index contributed by atoms with van der Waals surface area (Å²) in [6, 6.07) is 0. The number of hydrogen-bond donors (Lipinski definition) is 1. The first-order valence-corrected chi connectivity index (χ1v) is 5.19. The van der Waals surface area contributed by atoms with Gasteiger partial charge in [-0.15, -0.1) is 0 Å². The molecule has 4 heteroatoms. The lowest BCUT2D eigenvalue weighted by molar-refractivity contribution is -0.133. The summed E-state index contributed by atoms with van der Waals surface area (Å²) in [4.78, 5) is 0. The fourth-order valence-corrected chi connectivity index (χ4v) is 1.16. The summed E-state index contributed by atoms with van der Waals surface area (Å²) in [5, 5.41) is 2.80. The Morgan fingerprint density at radius 2 is 1.71 bits per heavy atom. The zero-order valence-corrected chi connectivity index (χ0v) is 8.95. The quantitative estimate of drug-likeness (QED) is 0.637. The van der Waals surface area contributed by atoms with Gasteiger partial charge in [-0.3, -0.25) is 0 Å². The molecular formula is C10H20F3N. The van der Waals surface area contributed by atoms with Crippen LogP contribution in [-0.4, -0.2) is 19.3 Å². The van der Waals surface area contributed by atoms with Gasteiger partial charge in [-0.05, 0) is 18.9 Å². The monoisotopic (exact) mass is 211 g/mol. The molecule has 0 fully saturated rings. The molecule has 0 heterocycles. The van der Waals surface area contributed by atoms with Gasteiger partial charge in [0.2, 0.25) is 0 Å². The van der Waals surface area contributed by atoms with Crippen molar-refractivity contribution in [3.05, 3.63) is 0 Å². The van der Waals surface area contributed by atoms with E-state index in [1.54, 1.807) is 0 Å². The zero-order valence-electron chi connectivity index (χ0n) is 8.95. The van der Waals surface area contributed by atoms with E-state index in [1.165, 1.54) is 0 Å². The predicted molar refractivity (Wildman–Crippen MR) is 52.2 cm³/mol. The van der Waals surface area contributed by atoms with Crippen LogP contribution in [0.1, 0.15) is 39.5 Å². The van der Waals surface area contributed by atoms with E-state index in [0.717, 1.165) is 19.3 Å². The standard InChI is InChI=1S/C10H20F3N/c1-9(2)5-3-4-7-14-8-6-10(11,12)13/h9,14H,3-8H2,1-2H3. The third-order valence-corrected chi connectivity index (χ3v) is 1.97. The third-order valence-electron chi connectivity index (χ3n) is 1.97. The van der Waals surface area contributed by atoms with Crippen LogP contribution in [0.3, 0.4) is 0 Å². The molecule has 0 spiro atoms. The van der Waals surface area contributed by atoms with E-state index in [9.17, 15) is 13.2 Å². The zero-order chi connectivity index (χ0) is 11.0. The van der Waals surface area contributed by atoms with E-state index in [2.05, 4.69) is 19.2 Å². The molecule has 0 rings (SSSR count). The first kappa shape index (κ1) is 13.8. The van der Waals surface area contributed by atoms with Crippen LogP contribution >= 0.6 is 0 Å². The average molecular weight is 211 g/mol. The molecular weight excluding hydrogens is 191 g/mol. The Morgan fingerprint density at radius 3 is 2.21 bits per heavy atom. The molecule has 0 aromatic carbocycles. The summed E-state index contributed by atoms with van der Waals surface area (Å²) in [6.45, 7) is 5.04. The van der Waals surface area contributed by atoms with Gasteiger partial charge in [0.05, 0.1) is 6.42 Å². The van der Waals surface area contributed by atoms with Crippen molar-refractivity contribution in [1.82, 2.24) is 5.32 Å². The van der Waals surface area contributed by atoms with Gasteiger partial charge >= 0.3 is 6.18 Å². The van der Waals surface area contributed by atoms with Crippen LogP contribution < -0.4 is 5.32 Å². The molecule has 1 N–H and O–H groups in total. The van der Waals surface area contributed by atoms with E-state index in [1.807, 2.05) is 0 Å². The number of alkyl halides is 3. The predicted octanol–water partition coefficient (Wildman–Crippen LogP) is 3.35. The van der Waals surface area contributed by atoms with Crippen molar-refractivity contribution >= 4 is 0 Å². The number of rotatable bonds is 7. The molecule has 86 valence electrons. The smallest absolute Gasteiger partial charge is 0.316 e. The summed E-state index contributed by atoms with van der Waals surface area (Å²) >= 11 is 0. The highest BCUT2D eigenvalue weighted by molar-refractivity contribution is 4.55. The Kier molecular flexibility index (Phi) is 6.97. The fraction of sp³-hybridized carbons (Fsp3) is 1.00. The van der Waals surface area contributed by atoms with Crippen LogP contribution in [0.2, 0.25) is 0 Å². The minimum Gasteiger partial charge on any atom is -0.316 e. The van der Waals surface area contributed by atoms with Crippen molar-refractivity contribution in [2.24, 2.45) is 5.92 Å². The van der Waals surface area contributed by atoms with E-state index in [0.29, 0.717) is 12.5 Å². The van der Waals surface area contributed by atoms with Crippen molar-refractivity contribution < 1.29 is 13.2 Å². The van der Waals surface area contributed by atoms with Crippen LogP contribution in [0, 0.1) is 5.92 Å². The lowest BCUT2D eigenvalue weighted by Gasteiger charge is -2.08. The molecule has 0 bridgehead atoms. The van der Waals surface area contributed by atoms with Crippen LogP contribution in [-0.2, 0) is 0 Å². The van der Waals surface area contributed by atoms with Gasteiger partial charge in [0.1, 0.15) is 0 Å². The van der Waals surface area contributed by atoms with Gasteiger partial charge in [-0.25, -0.2) is 0 Å². The summed E-state index contributed by atoms with van der Waals surface area (Å²) in [5.74, 6) is 0.685. The van der Waals surface area contributed by atoms with Crippen LogP contribution in [0.5, 0.6) is 0 Å². The molecule has 0 aromatic rings. The third kappa shape index (κ3) is 11.8. The van der Waals surface area contributed by atoms with Gasteiger partial charge in [0.25, 0.3) is 0 Å². The number of nitrogens with one attached hydrogen (secondary N) is 1. The molecule has 1 nitrogen and oxygen atoms in total. The van der Waals surface area contributed by atoms with Crippen molar-refractivity contribution in [1.29, 1.82) is 0 Å². The van der Waals surface area contributed by atoms with Gasteiger partial charge < -0.3 is 5.32 Å². The molecule has 14 heavy (non-hydrogen) atoms. The second-order valence-corrected chi connectivity index (χ2v) is 4.00. The fourth-order valence-electron chi connectivity index (χ4n) is 1.16. The van der Waals surface area contributed by atoms with Crippen molar-refractivity contribution in [3.63, 3.8) is 0 Å². The van der Waals surface area contributed by atoms with Crippen molar-refractivity contribution in [3.8, 4) is 0 Å². The summed E-state index contributed by atoms with van der Waals surface area (Å²) in [5.41, 5.74) is 0. The van der Waals surface area contributed by atoms with Gasteiger partial charge in [0, 0.05) is 6.54 Å². The highest BCUT2D eigenvalue weighted by atomic mass is 19.4. The Bertz CT molecular complexity index is 132. The van der Waals surface area contributed by atoms with Gasteiger partial charge in [-0.1, -0.05) is 26.7 Å². The minimum absolute atomic E-state index is 0.0468. The largest absolute Gasteiger partial charge is 0.390 e. The summed E-state index contributed by atoms with van der Waals surface area (Å²) in [7, 11) is 0. The number of hydrogen-bond acceptors (Lipinski definition) is 1. The number of halogens is 3. The van der Waals surface area contributed by atoms with Gasteiger partial charge in [-0.2, -0.15) is 13.2 Å². The van der Waals surface area contributed by atoms with Crippen molar-refractivity contribution in [2.75, 3.05) is 13.1 Å². The highest BCUT2D eigenvalue weighted by Gasteiger charge is 2.25. The second-order valence-electron chi connectivity index (χ2n) is 4.00. The Labute approximate surface area is 84.1 Å². The van der Waals surface area contributed by atoms with E-state index >= 15 is 0 Å². The Hall–Kier alpha value is -0.250. The van der Waals surface area contributed by atoms with Gasteiger partial charge in [0.15, 0.2) is 0 Å². The molecule has 0 unspecified atom stereocenters. The minimum atomic E-state index is -4.02. The lowest BCUT2D eigenvalue weighted by atomic mass is 10.1. The molecule has 0 saturated heterocycles. The SMILES string of the molecule is CC(C)CCCCNCCC(F)(F)F. The normalized spacial score (nSPS) is 12.4. The molecule has 0 atom stereocenters. The first-order valence-electron chi connectivity index (χ1n) is 5.19. The van der Waals surface area contributed by atoms with Crippen molar-refractivity contribution in [2.45, 2.75) is 45.7 Å². The molecule has 0 aliphatic rings. The summed E-state index contributed by atoms with van der Waals surface area (Å²) < 4.78 is 35.1. The van der Waals surface area contributed by atoms with E-state index in [-0.39, 0.29) is 6.54 Å². The second kappa shape index (κ2) is 7.10. The van der Waals surface area contributed by atoms with E-state index < -0.39 is 12.6 Å². The van der Waals surface area contributed by atoms with Crippen LogP contribution in [0.15, 0.2) is 0 Å². The molecule has 0 radical (unpaired) electrons. The highest BCUT2D eigenvalue weighted by Crippen LogP contribution is 2.18. The molecule has 0 aliphatic carbocycles. The van der Waals surface area contributed by atoms with Crippen LogP contribution in [0.4, 0.5) is 13.2 Å². The molecule has 0 aliphatic heterocycles. The molecule has 0 amide bonds. The Morgan fingerprint density at radius 1 is 1.07 bits per heavy atom. The number of unbranched alkanes of at least 4 members (excludes halogenated alkanes) is 1. The lowest BCUT2D eigenvalue weighted by Crippen LogP contribution is -2.22. The first-order chi connectivity index (χ1) is 6.42. The maximum absolute atomic E-state index is 11.7. The average Bonchev–Trinajstić information content (AvgIpc) is 2.00.